The second-order valence-corrected chi connectivity index (χ2v) is 6.85. The number of ether oxygens (including phenoxy) is 4. The lowest BCUT2D eigenvalue weighted by molar-refractivity contribution is -0.144. The van der Waals surface area contributed by atoms with Gasteiger partial charge in [0.25, 0.3) is 0 Å². The number of nitriles is 1. The number of anilines is 1. The van der Waals surface area contributed by atoms with E-state index in [4.69, 9.17) is 24.7 Å². The molecular weight excluding hydrogens is 384 g/mol. The number of thiophene rings is 1. The van der Waals surface area contributed by atoms with Crippen LogP contribution < -0.4 is 15.2 Å². The van der Waals surface area contributed by atoms with Crippen LogP contribution in [0.3, 0.4) is 0 Å². The van der Waals surface area contributed by atoms with E-state index in [-0.39, 0.29) is 40.6 Å². The number of nitrogens with zero attached hydrogens (tertiary/aromatic N) is 1. The molecule has 1 aliphatic heterocycles. The minimum Gasteiger partial charge on any atom is -0.486 e. The minimum atomic E-state index is -0.599. The smallest absolute Gasteiger partial charge is 0.348 e. The highest BCUT2D eigenvalue weighted by Gasteiger charge is 2.24. The minimum absolute atomic E-state index is 0.00683. The van der Waals surface area contributed by atoms with E-state index in [2.05, 4.69) is 0 Å². The van der Waals surface area contributed by atoms with Crippen LogP contribution in [0.4, 0.5) is 5.00 Å². The van der Waals surface area contributed by atoms with Gasteiger partial charge in [0.05, 0.1) is 18.6 Å². The zero-order chi connectivity index (χ0) is 20.1. The number of nitrogen functional groups attached to an aromatic ring is 1. The van der Waals surface area contributed by atoms with Crippen molar-refractivity contribution in [2.24, 2.45) is 0 Å². The highest BCUT2D eigenvalue weighted by molar-refractivity contribution is 7.18. The summed E-state index contributed by atoms with van der Waals surface area (Å²) in [6.45, 7) is 2.55. The summed E-state index contributed by atoms with van der Waals surface area (Å²) in [6, 6.07) is 7.16. The summed E-state index contributed by atoms with van der Waals surface area (Å²) < 4.78 is 21.2. The van der Waals surface area contributed by atoms with Gasteiger partial charge in [-0.15, -0.1) is 11.3 Å². The van der Waals surface area contributed by atoms with E-state index in [1.165, 1.54) is 0 Å². The maximum absolute atomic E-state index is 12.2. The molecule has 8 nitrogen and oxygen atoms in total. The second-order valence-electron chi connectivity index (χ2n) is 5.80. The Morgan fingerprint density at radius 2 is 2.00 bits per heavy atom. The molecule has 0 bridgehead atoms. The van der Waals surface area contributed by atoms with Crippen molar-refractivity contribution < 1.29 is 28.5 Å². The van der Waals surface area contributed by atoms with Gasteiger partial charge in [-0.2, -0.15) is 5.26 Å². The van der Waals surface area contributed by atoms with Gasteiger partial charge < -0.3 is 24.7 Å². The Kier molecular flexibility index (Phi) is 6.01. The number of benzene rings is 1. The molecule has 2 N–H and O–H groups in total. The van der Waals surface area contributed by atoms with E-state index in [0.717, 1.165) is 11.3 Å². The third kappa shape index (κ3) is 4.18. The van der Waals surface area contributed by atoms with Gasteiger partial charge in [0, 0.05) is 5.56 Å². The lowest BCUT2D eigenvalue weighted by Gasteiger charge is -2.18. The topological polar surface area (TPSA) is 121 Å². The Morgan fingerprint density at radius 1 is 1.25 bits per heavy atom. The normalized spacial score (nSPS) is 12.1. The molecule has 0 aliphatic carbocycles. The monoisotopic (exact) mass is 402 g/mol. The van der Waals surface area contributed by atoms with Crippen molar-refractivity contribution in [1.29, 1.82) is 5.26 Å². The van der Waals surface area contributed by atoms with Crippen molar-refractivity contribution in [2.45, 2.75) is 20.0 Å². The average molecular weight is 402 g/mol. The van der Waals surface area contributed by atoms with Crippen molar-refractivity contribution in [3.8, 4) is 17.6 Å². The number of carbonyl (C=O) groups is 2. The number of hydrogen-bond acceptors (Lipinski definition) is 9. The van der Waals surface area contributed by atoms with Crippen LogP contribution in [-0.4, -0.2) is 31.8 Å². The third-order valence-electron chi connectivity index (χ3n) is 3.94. The predicted octanol–water partition coefficient (Wildman–Crippen LogP) is 2.44. The van der Waals surface area contributed by atoms with Crippen molar-refractivity contribution in [3.63, 3.8) is 0 Å². The Bertz CT molecular complexity index is 947. The van der Waals surface area contributed by atoms with Gasteiger partial charge in [0.2, 0.25) is 0 Å². The quantitative estimate of drug-likeness (QED) is 0.731. The maximum Gasteiger partial charge on any atom is 0.348 e. The van der Waals surface area contributed by atoms with Gasteiger partial charge in [-0.1, -0.05) is 6.07 Å². The molecule has 1 aromatic heterocycles. The number of rotatable bonds is 6. The fourth-order valence-electron chi connectivity index (χ4n) is 2.67. The third-order valence-corrected chi connectivity index (χ3v) is 4.98. The molecular formula is C19H18N2O6S. The van der Waals surface area contributed by atoms with Crippen LogP contribution in [0.5, 0.6) is 11.5 Å². The zero-order valence-electron chi connectivity index (χ0n) is 15.1. The number of esters is 2. The molecule has 9 heteroatoms. The van der Waals surface area contributed by atoms with Gasteiger partial charge in [-0.3, -0.25) is 4.79 Å². The van der Waals surface area contributed by atoms with Gasteiger partial charge in [0.1, 0.15) is 35.8 Å². The molecule has 0 fully saturated rings. The van der Waals surface area contributed by atoms with Crippen LogP contribution in [0, 0.1) is 11.3 Å². The Morgan fingerprint density at radius 3 is 2.71 bits per heavy atom. The Balaban J connectivity index is 1.69. The zero-order valence-corrected chi connectivity index (χ0v) is 16.0. The predicted molar refractivity (Wildman–Crippen MR) is 100 cm³/mol. The molecule has 0 atom stereocenters. The summed E-state index contributed by atoms with van der Waals surface area (Å²) in [6.07, 6.45) is 0.00683. The van der Waals surface area contributed by atoms with Crippen molar-refractivity contribution in [2.75, 3.05) is 25.6 Å². The highest BCUT2D eigenvalue weighted by Crippen LogP contribution is 2.33. The molecule has 2 aromatic rings. The first-order valence-electron chi connectivity index (χ1n) is 8.56. The van der Waals surface area contributed by atoms with E-state index in [1.807, 2.05) is 6.07 Å². The standard InChI is InChI=1S/C19H18N2O6S/c1-2-24-19(23)17-13(12(9-20)18(21)28-17)10-27-16(22)8-11-3-4-14-15(7-11)26-6-5-25-14/h3-4,7H,2,5-6,8,10,21H2,1H3. The SMILES string of the molecule is CCOC(=O)c1sc(N)c(C#N)c1COC(=O)Cc1ccc2c(c1)OCCO2. The molecule has 2 heterocycles. The molecule has 1 aliphatic rings. The average Bonchev–Trinajstić information content (AvgIpc) is 3.02. The fraction of sp³-hybridized carbons (Fsp3) is 0.316. The molecule has 0 amide bonds. The molecule has 0 spiro atoms. The lowest BCUT2D eigenvalue weighted by atomic mass is 10.1. The van der Waals surface area contributed by atoms with E-state index >= 15 is 0 Å². The first-order chi connectivity index (χ1) is 13.5. The van der Waals surface area contributed by atoms with Gasteiger partial charge in [0.15, 0.2) is 11.5 Å². The van der Waals surface area contributed by atoms with Crippen molar-refractivity contribution >= 4 is 28.3 Å². The van der Waals surface area contributed by atoms with Crippen LogP contribution in [0.1, 0.15) is 33.3 Å². The van der Waals surface area contributed by atoms with Gasteiger partial charge in [-0.05, 0) is 24.6 Å². The van der Waals surface area contributed by atoms with E-state index in [9.17, 15) is 14.9 Å². The molecule has 146 valence electrons. The number of fused-ring (bicyclic) bond motifs is 1. The summed E-state index contributed by atoms with van der Waals surface area (Å²) in [4.78, 5) is 24.5. The van der Waals surface area contributed by atoms with Crippen molar-refractivity contribution in [1.82, 2.24) is 0 Å². The molecule has 28 heavy (non-hydrogen) atoms. The van der Waals surface area contributed by atoms with E-state index < -0.39 is 11.9 Å². The molecule has 3 rings (SSSR count). The van der Waals surface area contributed by atoms with Crippen LogP contribution in [-0.2, 0) is 27.3 Å². The fourth-order valence-corrected chi connectivity index (χ4v) is 3.59. The number of nitrogens with two attached hydrogens (primary N) is 1. The highest BCUT2D eigenvalue weighted by atomic mass is 32.1. The lowest BCUT2D eigenvalue weighted by Crippen LogP contribution is -2.16. The van der Waals surface area contributed by atoms with Crippen LogP contribution in [0.15, 0.2) is 18.2 Å². The van der Waals surface area contributed by atoms with Gasteiger partial charge in [-0.25, -0.2) is 4.79 Å². The molecule has 0 radical (unpaired) electrons. The van der Waals surface area contributed by atoms with E-state index in [1.54, 1.807) is 25.1 Å². The summed E-state index contributed by atoms with van der Waals surface area (Å²) in [5.74, 6) is 0.104. The number of carbonyl (C=O) groups excluding carboxylic acids is 2. The van der Waals surface area contributed by atoms with Crippen molar-refractivity contribution in [3.05, 3.63) is 39.8 Å². The molecule has 0 saturated carbocycles. The summed E-state index contributed by atoms with van der Waals surface area (Å²) >= 11 is 0.944. The largest absolute Gasteiger partial charge is 0.486 e. The molecule has 1 aromatic carbocycles. The summed E-state index contributed by atoms with van der Waals surface area (Å²) in [5, 5.41) is 9.48. The van der Waals surface area contributed by atoms with E-state index in [0.29, 0.717) is 30.3 Å². The maximum atomic E-state index is 12.2. The summed E-state index contributed by atoms with van der Waals surface area (Å²) in [7, 11) is 0. The van der Waals surface area contributed by atoms with Crippen LogP contribution in [0.25, 0.3) is 0 Å². The molecule has 0 unspecified atom stereocenters. The number of hydrogen-bond donors (Lipinski definition) is 1. The molecule has 0 saturated heterocycles. The Hall–Kier alpha value is -3.25. The second kappa shape index (κ2) is 8.63. The first kappa shape index (κ1) is 19.5. The summed E-state index contributed by atoms with van der Waals surface area (Å²) in [5.41, 5.74) is 6.89. The first-order valence-corrected chi connectivity index (χ1v) is 9.37. The van der Waals surface area contributed by atoms with Crippen LogP contribution in [0.2, 0.25) is 0 Å². The Labute approximate surface area is 165 Å². The van der Waals surface area contributed by atoms with Crippen LogP contribution >= 0.6 is 11.3 Å². The van der Waals surface area contributed by atoms with Gasteiger partial charge >= 0.3 is 11.9 Å².